The van der Waals surface area contributed by atoms with Crippen LogP contribution < -0.4 is 30.2 Å². The Balaban J connectivity index is 1.20. The molecule has 4 aliphatic rings. The molecule has 0 spiro atoms. The molecule has 1 aromatic heterocycles. The predicted octanol–water partition coefficient (Wildman–Crippen LogP) is 6.30. The topological polar surface area (TPSA) is 190 Å². The van der Waals surface area contributed by atoms with E-state index in [1.165, 1.54) is 5.56 Å². The van der Waals surface area contributed by atoms with Crippen molar-refractivity contribution in [3.63, 3.8) is 0 Å². The molecule has 13 heteroatoms. The smallest absolute Gasteiger partial charge is 0.161 e. The van der Waals surface area contributed by atoms with E-state index in [4.69, 9.17) is 18.9 Å². The van der Waals surface area contributed by atoms with Crippen LogP contribution in [0.25, 0.3) is 28.1 Å². The Morgan fingerprint density at radius 1 is 0.953 bits per heavy atom. The molecule has 13 nitrogen and oxygen atoms in total. The fraction of sp³-hybridized carbons (Fsp3) is 0.451. The van der Waals surface area contributed by atoms with Gasteiger partial charge < -0.3 is 60.1 Å². The Morgan fingerprint density at radius 3 is 2.58 bits per heavy atom. The number of aromatic nitrogens is 1. The summed E-state index contributed by atoms with van der Waals surface area (Å²) in [4.78, 5) is 3.33. The SMILES string of the molecule is CNCO[C@]1(CNCNC[C@@](C)(O)CC(C)C)Cc2c3c(c4c(c2O[C@@H]1c1ccc(O)c(OCCO)c1)CC[C@@H](CO)O4)-c1ccc(O)c2c1[C@@H](C3)[C@@H](c1ccc3[nH]ccc3c1)C=C2. The number of nitrogens with one attached hydrogen (secondary N) is 4. The second-order valence-electron chi connectivity index (χ2n) is 18.7. The van der Waals surface area contributed by atoms with Gasteiger partial charge in [0, 0.05) is 66.1 Å². The van der Waals surface area contributed by atoms with E-state index in [0.717, 1.165) is 55.6 Å². The van der Waals surface area contributed by atoms with Crippen LogP contribution in [0, 0.1) is 5.92 Å². The summed E-state index contributed by atoms with van der Waals surface area (Å²) in [6.45, 7) is 7.02. The highest BCUT2D eigenvalue weighted by atomic mass is 16.6. The molecule has 0 amide bonds. The first kappa shape index (κ1) is 44.1. The van der Waals surface area contributed by atoms with Crippen molar-refractivity contribution >= 4 is 17.0 Å². The summed E-state index contributed by atoms with van der Waals surface area (Å²) in [7, 11) is 1.84. The largest absolute Gasteiger partial charge is 0.507 e. The maximum atomic E-state index is 11.4. The van der Waals surface area contributed by atoms with Gasteiger partial charge in [-0.25, -0.2) is 0 Å². The van der Waals surface area contributed by atoms with Crippen molar-refractivity contribution in [1.29, 1.82) is 0 Å². The van der Waals surface area contributed by atoms with Gasteiger partial charge in [0.05, 0.1) is 25.5 Å². The van der Waals surface area contributed by atoms with Crippen LogP contribution in [0.15, 0.2) is 66.9 Å². The van der Waals surface area contributed by atoms with Gasteiger partial charge in [-0.2, -0.15) is 0 Å². The maximum absolute atomic E-state index is 11.4. The standard InChI is InChI=1S/C51H62N4O9/c1-29(2)22-50(3,60)25-53-27-54-26-51(62-28-52-4)23-40-39-21-38-34(30-5-12-41-31(19-30)15-16-55-41)9-10-35-42(58)14-11-36(45(35)38)46(39)48-37(8-7-33(24-57)63-48)47(40)64-49(51)32-6-13-43(59)44(20-32)61-18-17-56/h5-6,9-16,19-20,29,33-34,38,49,52-60H,7-8,17-18,21-28H2,1-4H3/t33-,34+,38-,49+,50-,51-/m0/s1. The number of ether oxygens (including phenoxy) is 4. The fourth-order valence-electron chi connectivity index (χ4n) is 10.9. The molecule has 0 radical (unpaired) electrons. The van der Waals surface area contributed by atoms with E-state index in [1.807, 2.05) is 32.3 Å². The van der Waals surface area contributed by atoms with Gasteiger partial charge in [0.15, 0.2) is 17.6 Å². The number of allylic oxidation sites excluding steroid dienone is 1. The number of phenols is 2. The fourth-order valence-corrected chi connectivity index (χ4v) is 10.9. The van der Waals surface area contributed by atoms with Crippen molar-refractivity contribution in [3.05, 3.63) is 106 Å². The minimum absolute atomic E-state index is 0.000938. The average Bonchev–Trinajstić information content (AvgIpc) is 3.76. The third kappa shape index (κ3) is 8.23. The molecule has 6 atom stereocenters. The lowest BCUT2D eigenvalue weighted by atomic mass is 9.64. The van der Waals surface area contributed by atoms with Crippen LogP contribution in [0.3, 0.4) is 0 Å². The van der Waals surface area contributed by atoms with Crippen LogP contribution >= 0.6 is 0 Å². The van der Waals surface area contributed by atoms with Crippen molar-refractivity contribution in [1.82, 2.24) is 20.9 Å². The molecule has 0 saturated carbocycles. The summed E-state index contributed by atoms with van der Waals surface area (Å²) in [5.74, 6) is 2.11. The number of rotatable bonds is 17. The minimum Gasteiger partial charge on any atom is -0.507 e. The lowest BCUT2D eigenvalue weighted by Gasteiger charge is -2.48. The predicted molar refractivity (Wildman–Crippen MR) is 246 cm³/mol. The number of benzene rings is 4. The molecule has 0 bridgehead atoms. The molecule has 3 heterocycles. The molecule has 2 aliphatic carbocycles. The molecule has 9 rings (SSSR count). The van der Waals surface area contributed by atoms with Gasteiger partial charge in [-0.3, -0.25) is 5.32 Å². The molecule has 5 aromatic rings. The first-order valence-electron chi connectivity index (χ1n) is 22.7. The van der Waals surface area contributed by atoms with Gasteiger partial charge in [-0.1, -0.05) is 44.2 Å². The summed E-state index contributed by atoms with van der Waals surface area (Å²) in [6.07, 6.45) is 8.03. The van der Waals surface area contributed by atoms with E-state index in [2.05, 4.69) is 71.2 Å². The first-order valence-corrected chi connectivity index (χ1v) is 22.7. The summed E-state index contributed by atoms with van der Waals surface area (Å²) in [5, 5.41) is 64.9. The second-order valence-corrected chi connectivity index (χ2v) is 18.7. The van der Waals surface area contributed by atoms with Gasteiger partial charge >= 0.3 is 0 Å². The van der Waals surface area contributed by atoms with E-state index in [-0.39, 0.29) is 55.6 Å². The Hall–Kier alpha value is -5.12. The van der Waals surface area contributed by atoms with Crippen LogP contribution in [0.1, 0.15) is 90.5 Å². The molecule has 0 saturated heterocycles. The molecular formula is C51H62N4O9. The zero-order valence-electron chi connectivity index (χ0n) is 37.2. The monoisotopic (exact) mass is 874 g/mol. The van der Waals surface area contributed by atoms with Gasteiger partial charge in [0.25, 0.3) is 0 Å². The molecule has 0 unspecified atom stereocenters. The summed E-state index contributed by atoms with van der Waals surface area (Å²) < 4.78 is 27.1. The van der Waals surface area contributed by atoms with Crippen molar-refractivity contribution < 1.29 is 44.5 Å². The second kappa shape index (κ2) is 18.0. The molecule has 340 valence electrons. The Morgan fingerprint density at radius 2 is 1.78 bits per heavy atom. The number of aromatic amines is 1. The maximum Gasteiger partial charge on any atom is 0.161 e. The minimum atomic E-state index is -1.04. The number of hydrogen-bond donors (Lipinski definition) is 9. The first-order chi connectivity index (χ1) is 30.9. The number of hydrogen-bond acceptors (Lipinski definition) is 12. The molecule has 4 aromatic carbocycles. The number of aliphatic hydroxyl groups is 3. The summed E-state index contributed by atoms with van der Waals surface area (Å²) in [6, 6.07) is 17.6. The van der Waals surface area contributed by atoms with E-state index >= 15 is 0 Å². The van der Waals surface area contributed by atoms with Crippen LogP contribution in [-0.4, -0.2) is 101 Å². The lowest BCUT2D eigenvalue weighted by molar-refractivity contribution is -0.129. The van der Waals surface area contributed by atoms with Crippen molar-refractivity contribution in [2.45, 2.75) is 88.1 Å². The molecule has 0 fully saturated rings. The van der Waals surface area contributed by atoms with Crippen molar-refractivity contribution in [3.8, 4) is 39.9 Å². The highest BCUT2D eigenvalue weighted by Crippen LogP contribution is 2.60. The molecule has 9 N–H and O–H groups in total. The van der Waals surface area contributed by atoms with E-state index in [0.29, 0.717) is 69.1 Å². The summed E-state index contributed by atoms with van der Waals surface area (Å²) >= 11 is 0. The number of fused-ring (bicyclic) bond motifs is 8. The van der Waals surface area contributed by atoms with Crippen LogP contribution in [-0.2, 0) is 24.0 Å². The number of aromatic hydroxyl groups is 2. The normalized spacial score (nSPS) is 22.8. The average molecular weight is 875 g/mol. The Kier molecular flexibility index (Phi) is 12.4. The third-order valence-electron chi connectivity index (χ3n) is 13.5. The molecule has 2 aliphatic heterocycles. The van der Waals surface area contributed by atoms with Gasteiger partial charge in [-0.05, 0) is 121 Å². The van der Waals surface area contributed by atoms with Crippen LogP contribution in [0.4, 0.5) is 0 Å². The quantitative estimate of drug-likeness (QED) is 0.0376. The highest BCUT2D eigenvalue weighted by Gasteiger charge is 2.51. The van der Waals surface area contributed by atoms with Crippen LogP contribution in [0.5, 0.6) is 28.7 Å². The van der Waals surface area contributed by atoms with E-state index in [1.54, 1.807) is 18.2 Å². The van der Waals surface area contributed by atoms with Gasteiger partial charge in [0.2, 0.25) is 0 Å². The van der Waals surface area contributed by atoms with Crippen molar-refractivity contribution in [2.75, 3.05) is 53.4 Å². The van der Waals surface area contributed by atoms with Gasteiger partial charge in [0.1, 0.15) is 35.6 Å². The van der Waals surface area contributed by atoms with Crippen LogP contribution in [0.2, 0.25) is 0 Å². The zero-order chi connectivity index (χ0) is 44.8. The van der Waals surface area contributed by atoms with E-state index in [9.17, 15) is 25.5 Å². The number of phenolic OH excluding ortho intramolecular Hbond substituents is 2. The Bertz CT molecular complexity index is 2530. The van der Waals surface area contributed by atoms with E-state index < -0.39 is 23.4 Å². The van der Waals surface area contributed by atoms with Crippen molar-refractivity contribution in [2.24, 2.45) is 5.92 Å². The number of H-pyrrole nitrogens is 1. The summed E-state index contributed by atoms with van der Waals surface area (Å²) in [5.41, 5.74) is 7.92. The van der Waals surface area contributed by atoms with Gasteiger partial charge in [-0.15, -0.1) is 0 Å². The third-order valence-corrected chi connectivity index (χ3v) is 13.5. The molecular weight excluding hydrogens is 813 g/mol. The Labute approximate surface area is 374 Å². The molecule has 64 heavy (non-hydrogen) atoms. The lowest BCUT2D eigenvalue weighted by Crippen LogP contribution is -2.56. The highest BCUT2D eigenvalue weighted by molar-refractivity contribution is 5.89. The number of aliphatic hydroxyl groups excluding tert-OH is 2. The zero-order valence-corrected chi connectivity index (χ0v) is 37.2.